The summed E-state index contributed by atoms with van der Waals surface area (Å²) in [7, 11) is 4.38. The molecule has 1 aromatic rings. The van der Waals surface area contributed by atoms with Crippen LogP contribution >= 0.6 is 0 Å². The molecule has 1 unspecified atom stereocenters. The molecule has 2 nitrogen and oxygen atoms in total. The number of hydrogen-bond acceptors (Lipinski definition) is 1. The van der Waals surface area contributed by atoms with Crippen molar-refractivity contribution in [2.75, 3.05) is 25.6 Å². The van der Waals surface area contributed by atoms with Gasteiger partial charge in [0.2, 0.25) is 0 Å². The number of hydrogen-bond donors (Lipinski definition) is 0. The fourth-order valence-corrected chi connectivity index (χ4v) is 1.87. The third-order valence-electron chi connectivity index (χ3n) is 2.99. The predicted molar refractivity (Wildman–Crippen MR) is 59.7 cm³/mol. The molecular formula is C12H17N2+. The standard InChI is InChI=1S/C12H17N2/c1-13(12-8-4-3-5-9-12)14(2)10-6-7-11-14/h3-6,8-10H,7,11H2,1-2H3/q+1. The van der Waals surface area contributed by atoms with Crippen molar-refractivity contribution >= 4 is 5.69 Å². The second kappa shape index (κ2) is 3.46. The molecule has 0 fully saturated rings. The molecule has 0 saturated carbocycles. The summed E-state index contributed by atoms with van der Waals surface area (Å²) in [6.45, 7) is 1.16. The highest BCUT2D eigenvalue weighted by molar-refractivity contribution is 5.42. The minimum atomic E-state index is 0.879. The van der Waals surface area contributed by atoms with E-state index in [0.29, 0.717) is 0 Å². The number of anilines is 1. The van der Waals surface area contributed by atoms with Crippen molar-refractivity contribution in [1.29, 1.82) is 0 Å². The molecule has 74 valence electrons. The molecule has 1 atom stereocenters. The Morgan fingerprint density at radius 3 is 2.50 bits per heavy atom. The molecule has 2 rings (SSSR count). The maximum absolute atomic E-state index is 2.30. The number of quaternary nitrogens is 1. The fourth-order valence-electron chi connectivity index (χ4n) is 1.87. The lowest BCUT2D eigenvalue weighted by atomic mass is 10.3. The molecule has 1 aromatic carbocycles. The van der Waals surface area contributed by atoms with Gasteiger partial charge in [0, 0.05) is 6.42 Å². The number of rotatable bonds is 2. The van der Waals surface area contributed by atoms with Crippen LogP contribution in [0.1, 0.15) is 6.42 Å². The van der Waals surface area contributed by atoms with E-state index in [1.54, 1.807) is 0 Å². The molecular weight excluding hydrogens is 172 g/mol. The van der Waals surface area contributed by atoms with Crippen molar-refractivity contribution < 1.29 is 4.59 Å². The highest BCUT2D eigenvalue weighted by Crippen LogP contribution is 2.23. The second-order valence-corrected chi connectivity index (χ2v) is 3.97. The van der Waals surface area contributed by atoms with E-state index in [0.717, 1.165) is 11.1 Å². The van der Waals surface area contributed by atoms with Gasteiger partial charge in [0.05, 0.1) is 19.8 Å². The first-order valence-electron chi connectivity index (χ1n) is 5.04. The van der Waals surface area contributed by atoms with E-state index in [-0.39, 0.29) is 0 Å². The molecule has 0 aliphatic carbocycles. The Labute approximate surface area is 85.6 Å². The molecule has 0 amide bonds. The van der Waals surface area contributed by atoms with Gasteiger partial charge < -0.3 is 0 Å². The zero-order valence-corrected chi connectivity index (χ0v) is 8.85. The maximum Gasteiger partial charge on any atom is 0.116 e. The summed E-state index contributed by atoms with van der Waals surface area (Å²) in [4.78, 5) is 0. The Hall–Kier alpha value is -1.28. The Kier molecular flexibility index (Phi) is 2.30. The summed E-state index contributed by atoms with van der Waals surface area (Å²) in [6.07, 6.45) is 5.68. The van der Waals surface area contributed by atoms with Crippen LogP contribution in [-0.4, -0.2) is 25.2 Å². The van der Waals surface area contributed by atoms with Crippen LogP contribution in [0.5, 0.6) is 0 Å². The smallest absolute Gasteiger partial charge is 0.116 e. The van der Waals surface area contributed by atoms with Gasteiger partial charge in [-0.2, -0.15) is 4.59 Å². The van der Waals surface area contributed by atoms with E-state index in [9.17, 15) is 0 Å². The first-order valence-corrected chi connectivity index (χ1v) is 5.04. The minimum Gasteiger partial charge on any atom is -0.223 e. The summed E-state index contributed by atoms with van der Waals surface area (Å²) < 4.78 is 0.879. The van der Waals surface area contributed by atoms with E-state index in [2.05, 4.69) is 61.7 Å². The average molecular weight is 189 g/mol. The number of para-hydroxylation sites is 1. The van der Waals surface area contributed by atoms with Gasteiger partial charge in [-0.25, -0.2) is 5.01 Å². The molecule has 0 spiro atoms. The van der Waals surface area contributed by atoms with Gasteiger partial charge >= 0.3 is 0 Å². The normalized spacial score (nSPS) is 25.3. The van der Waals surface area contributed by atoms with Crippen LogP contribution in [0.25, 0.3) is 0 Å². The Balaban J connectivity index is 2.24. The molecule has 0 bridgehead atoms. The van der Waals surface area contributed by atoms with Gasteiger partial charge in [-0.3, -0.25) is 0 Å². The molecule has 0 N–H and O–H groups in total. The van der Waals surface area contributed by atoms with Gasteiger partial charge in [0.25, 0.3) is 0 Å². The van der Waals surface area contributed by atoms with E-state index < -0.39 is 0 Å². The monoisotopic (exact) mass is 189 g/mol. The maximum atomic E-state index is 2.30. The lowest BCUT2D eigenvalue weighted by molar-refractivity contribution is -0.861. The lowest BCUT2D eigenvalue weighted by Gasteiger charge is -2.36. The molecule has 1 heterocycles. The van der Waals surface area contributed by atoms with Crippen LogP contribution in [0.2, 0.25) is 0 Å². The van der Waals surface area contributed by atoms with Crippen LogP contribution in [0, 0.1) is 0 Å². The molecule has 0 aromatic heterocycles. The summed E-state index contributed by atoms with van der Waals surface area (Å²) in [5, 5.41) is 2.30. The topological polar surface area (TPSA) is 3.24 Å². The van der Waals surface area contributed by atoms with Crippen LogP contribution in [0.15, 0.2) is 42.6 Å². The Morgan fingerprint density at radius 2 is 1.93 bits per heavy atom. The van der Waals surface area contributed by atoms with Gasteiger partial charge in [0.15, 0.2) is 0 Å². The number of nitrogens with zero attached hydrogens (tertiary/aromatic N) is 2. The quantitative estimate of drug-likeness (QED) is 0.646. The van der Waals surface area contributed by atoms with Crippen LogP contribution < -0.4 is 5.01 Å². The second-order valence-electron chi connectivity index (χ2n) is 3.97. The van der Waals surface area contributed by atoms with Crippen molar-refractivity contribution in [3.05, 3.63) is 42.6 Å². The first kappa shape index (κ1) is 9.28. The Bertz CT molecular complexity index is 331. The summed E-state index contributed by atoms with van der Waals surface area (Å²) in [5.74, 6) is 0. The highest BCUT2D eigenvalue weighted by atomic mass is 15.7. The van der Waals surface area contributed by atoms with Crippen molar-refractivity contribution in [3.63, 3.8) is 0 Å². The highest BCUT2D eigenvalue weighted by Gasteiger charge is 2.28. The molecule has 2 heteroatoms. The van der Waals surface area contributed by atoms with Crippen molar-refractivity contribution in [3.8, 4) is 0 Å². The van der Waals surface area contributed by atoms with E-state index in [4.69, 9.17) is 0 Å². The average Bonchev–Trinajstić information content (AvgIpc) is 2.67. The van der Waals surface area contributed by atoms with E-state index >= 15 is 0 Å². The van der Waals surface area contributed by atoms with Crippen molar-refractivity contribution in [2.24, 2.45) is 0 Å². The fraction of sp³-hybridized carbons (Fsp3) is 0.333. The third kappa shape index (κ3) is 1.53. The van der Waals surface area contributed by atoms with Gasteiger partial charge in [-0.15, -0.1) is 0 Å². The largest absolute Gasteiger partial charge is 0.223 e. The number of benzene rings is 1. The van der Waals surface area contributed by atoms with Crippen molar-refractivity contribution in [1.82, 2.24) is 0 Å². The predicted octanol–water partition coefficient (Wildman–Crippen LogP) is 2.40. The molecule has 1 aliphatic rings. The van der Waals surface area contributed by atoms with E-state index in [1.807, 2.05) is 0 Å². The first-order chi connectivity index (χ1) is 6.72. The van der Waals surface area contributed by atoms with Crippen molar-refractivity contribution in [2.45, 2.75) is 6.42 Å². The molecule has 0 saturated heterocycles. The van der Waals surface area contributed by atoms with Gasteiger partial charge in [0.1, 0.15) is 12.7 Å². The van der Waals surface area contributed by atoms with Crippen LogP contribution in [-0.2, 0) is 0 Å². The molecule has 1 aliphatic heterocycles. The molecule has 0 radical (unpaired) electrons. The van der Waals surface area contributed by atoms with Gasteiger partial charge in [-0.05, 0) is 18.2 Å². The minimum absolute atomic E-state index is 0.879. The zero-order chi connectivity index (χ0) is 10.0. The Morgan fingerprint density at radius 1 is 1.21 bits per heavy atom. The van der Waals surface area contributed by atoms with Crippen LogP contribution in [0.3, 0.4) is 0 Å². The summed E-state index contributed by atoms with van der Waals surface area (Å²) >= 11 is 0. The van der Waals surface area contributed by atoms with E-state index in [1.165, 1.54) is 12.1 Å². The SMILES string of the molecule is CN(c1ccccc1)[N+]1(C)C=CCC1. The van der Waals surface area contributed by atoms with Crippen LogP contribution in [0.4, 0.5) is 5.69 Å². The van der Waals surface area contributed by atoms with Gasteiger partial charge in [-0.1, -0.05) is 18.2 Å². The molecule has 14 heavy (non-hydrogen) atoms. The zero-order valence-electron chi connectivity index (χ0n) is 8.85. The third-order valence-corrected chi connectivity index (χ3v) is 2.99. The summed E-state index contributed by atoms with van der Waals surface area (Å²) in [5.41, 5.74) is 1.27. The lowest BCUT2D eigenvalue weighted by Crippen LogP contribution is -2.50. The summed E-state index contributed by atoms with van der Waals surface area (Å²) in [6, 6.07) is 10.5.